The molecule has 0 spiro atoms. The maximum Gasteiger partial charge on any atom is 0.239 e. The summed E-state index contributed by atoms with van der Waals surface area (Å²) in [4.78, 5) is 16.5. The van der Waals surface area contributed by atoms with Crippen LogP contribution in [0.1, 0.15) is 43.1 Å². The van der Waals surface area contributed by atoms with Gasteiger partial charge in [-0.25, -0.2) is 0 Å². The fraction of sp³-hybridized carbons (Fsp3) is 0.733. The van der Waals surface area contributed by atoms with Crippen LogP contribution in [-0.4, -0.2) is 52.1 Å². The number of aryl methyl sites for hydroxylation is 1. The summed E-state index contributed by atoms with van der Waals surface area (Å²) in [6.07, 6.45) is 5.77. The van der Waals surface area contributed by atoms with Crippen molar-refractivity contribution < 1.29 is 4.79 Å². The van der Waals surface area contributed by atoms with E-state index in [1.54, 1.807) is 0 Å². The normalized spacial score (nSPS) is 19.6. The number of hydrogen-bond acceptors (Lipinski definition) is 3. The molecule has 20 heavy (non-hydrogen) atoms. The molecule has 0 saturated carbocycles. The molecule has 1 aromatic rings. The fourth-order valence-electron chi connectivity index (χ4n) is 3.28. The van der Waals surface area contributed by atoms with Gasteiger partial charge in [0.25, 0.3) is 0 Å². The zero-order valence-electron chi connectivity index (χ0n) is 12.5. The molecule has 5 heteroatoms. The molecule has 1 saturated heterocycles. The van der Waals surface area contributed by atoms with Gasteiger partial charge in [0, 0.05) is 25.3 Å². The summed E-state index contributed by atoms with van der Waals surface area (Å²) in [5.74, 6) is 0.261. The number of likely N-dealkylation sites (N-methyl/N-ethyl adjacent to an activating group) is 1. The van der Waals surface area contributed by atoms with Crippen LogP contribution in [0, 0.1) is 0 Å². The number of carbonyl (C=O) groups is 1. The van der Waals surface area contributed by atoms with Crippen molar-refractivity contribution >= 4 is 5.91 Å². The number of hydrogen-bond donors (Lipinski definition) is 1. The highest BCUT2D eigenvalue weighted by molar-refractivity contribution is 5.81. The van der Waals surface area contributed by atoms with Crippen molar-refractivity contribution in [2.45, 2.75) is 51.6 Å². The maximum absolute atomic E-state index is 12.4. The molecule has 1 aliphatic heterocycles. The molecular weight excluding hydrogens is 252 g/mol. The van der Waals surface area contributed by atoms with Crippen LogP contribution in [0.25, 0.3) is 0 Å². The van der Waals surface area contributed by atoms with Crippen LogP contribution >= 0.6 is 0 Å². The van der Waals surface area contributed by atoms with Gasteiger partial charge in [0.2, 0.25) is 5.91 Å². The van der Waals surface area contributed by atoms with Crippen molar-refractivity contribution in [3.8, 4) is 0 Å². The van der Waals surface area contributed by atoms with E-state index in [9.17, 15) is 4.79 Å². The molecule has 0 bridgehead atoms. The van der Waals surface area contributed by atoms with E-state index < -0.39 is 0 Å². The summed E-state index contributed by atoms with van der Waals surface area (Å²) in [6, 6.07) is -0.0677. The SMILES string of the molecule is CC(C(=O)N1CCCC1)N(C)Cc1n[nH]c2c1CCC2. The van der Waals surface area contributed by atoms with E-state index in [2.05, 4.69) is 15.1 Å². The van der Waals surface area contributed by atoms with Crippen molar-refractivity contribution in [1.82, 2.24) is 20.0 Å². The second-order valence-corrected chi connectivity index (χ2v) is 6.10. The molecule has 110 valence electrons. The number of aromatic nitrogens is 2. The molecule has 1 aliphatic carbocycles. The Morgan fingerprint density at radius 1 is 1.35 bits per heavy atom. The van der Waals surface area contributed by atoms with Gasteiger partial charge in [0.05, 0.1) is 11.7 Å². The molecule has 1 fully saturated rings. The number of carbonyl (C=O) groups excluding carboxylic acids is 1. The predicted molar refractivity (Wildman–Crippen MR) is 77.4 cm³/mol. The van der Waals surface area contributed by atoms with Gasteiger partial charge >= 0.3 is 0 Å². The Hall–Kier alpha value is -1.36. The van der Waals surface area contributed by atoms with Crippen molar-refractivity contribution in [2.75, 3.05) is 20.1 Å². The third-order valence-electron chi connectivity index (χ3n) is 4.73. The number of aromatic amines is 1. The van der Waals surface area contributed by atoms with Crippen LogP contribution in [0.3, 0.4) is 0 Å². The van der Waals surface area contributed by atoms with E-state index in [-0.39, 0.29) is 11.9 Å². The molecule has 1 amide bonds. The summed E-state index contributed by atoms with van der Waals surface area (Å²) in [5.41, 5.74) is 3.81. The van der Waals surface area contributed by atoms with E-state index >= 15 is 0 Å². The molecule has 1 unspecified atom stereocenters. The lowest BCUT2D eigenvalue weighted by Gasteiger charge is -2.27. The van der Waals surface area contributed by atoms with E-state index in [1.165, 1.54) is 17.7 Å². The maximum atomic E-state index is 12.4. The summed E-state index contributed by atoms with van der Waals surface area (Å²) in [6.45, 7) is 4.61. The van der Waals surface area contributed by atoms with Gasteiger partial charge in [0.1, 0.15) is 0 Å². The largest absolute Gasteiger partial charge is 0.341 e. The fourth-order valence-corrected chi connectivity index (χ4v) is 3.28. The molecule has 1 atom stereocenters. The Kier molecular flexibility index (Phi) is 3.78. The van der Waals surface area contributed by atoms with Crippen LogP contribution < -0.4 is 0 Å². The highest BCUT2D eigenvalue weighted by atomic mass is 16.2. The second kappa shape index (κ2) is 5.56. The average Bonchev–Trinajstić information content (AvgIpc) is 3.15. The topological polar surface area (TPSA) is 52.2 Å². The Bertz CT molecular complexity index is 490. The molecule has 2 heterocycles. The van der Waals surface area contributed by atoms with Crippen LogP contribution in [0.4, 0.5) is 0 Å². The van der Waals surface area contributed by atoms with Crippen molar-refractivity contribution in [2.24, 2.45) is 0 Å². The van der Waals surface area contributed by atoms with Crippen molar-refractivity contribution in [3.63, 3.8) is 0 Å². The Balaban J connectivity index is 1.63. The second-order valence-electron chi connectivity index (χ2n) is 6.10. The van der Waals surface area contributed by atoms with Gasteiger partial charge < -0.3 is 4.90 Å². The lowest BCUT2D eigenvalue weighted by molar-refractivity contribution is -0.135. The van der Waals surface area contributed by atoms with Crippen LogP contribution in [-0.2, 0) is 24.2 Å². The third-order valence-corrected chi connectivity index (χ3v) is 4.73. The quantitative estimate of drug-likeness (QED) is 0.903. The van der Waals surface area contributed by atoms with Gasteiger partial charge in [-0.1, -0.05) is 0 Å². The molecule has 0 radical (unpaired) electrons. The minimum absolute atomic E-state index is 0.0677. The van der Waals surface area contributed by atoms with Crippen LogP contribution in [0.2, 0.25) is 0 Å². The number of nitrogens with one attached hydrogen (secondary N) is 1. The van der Waals surface area contributed by atoms with Gasteiger partial charge in [-0.15, -0.1) is 0 Å². The minimum Gasteiger partial charge on any atom is -0.341 e. The summed E-state index contributed by atoms with van der Waals surface area (Å²) in [7, 11) is 2.02. The van der Waals surface area contributed by atoms with Crippen LogP contribution in [0.5, 0.6) is 0 Å². The van der Waals surface area contributed by atoms with E-state index in [0.717, 1.165) is 51.0 Å². The number of likely N-dealkylation sites (tertiary alicyclic amines) is 1. The van der Waals surface area contributed by atoms with Gasteiger partial charge in [0.15, 0.2) is 0 Å². The molecule has 0 aromatic carbocycles. The first kappa shape index (κ1) is 13.6. The number of nitrogens with zero attached hydrogens (tertiary/aromatic N) is 3. The zero-order valence-corrected chi connectivity index (χ0v) is 12.5. The first-order chi connectivity index (χ1) is 9.66. The van der Waals surface area contributed by atoms with E-state index in [0.29, 0.717) is 0 Å². The first-order valence-electron chi connectivity index (χ1n) is 7.71. The van der Waals surface area contributed by atoms with E-state index in [1.807, 2.05) is 18.9 Å². The van der Waals surface area contributed by atoms with Crippen molar-refractivity contribution in [3.05, 3.63) is 17.0 Å². The molecule has 3 rings (SSSR count). The van der Waals surface area contributed by atoms with Gasteiger partial charge in [-0.2, -0.15) is 5.10 Å². The molecular formula is C15H24N4O. The number of amides is 1. The Morgan fingerprint density at radius 3 is 2.85 bits per heavy atom. The van der Waals surface area contributed by atoms with Gasteiger partial charge in [-0.05, 0) is 51.6 Å². The molecule has 1 N–H and O–H groups in total. The standard InChI is InChI=1S/C15H24N4O/c1-11(15(20)19-8-3-4-9-19)18(2)10-14-12-6-5-7-13(12)16-17-14/h11H,3-10H2,1-2H3,(H,16,17). The zero-order chi connectivity index (χ0) is 14.1. The molecule has 1 aromatic heterocycles. The van der Waals surface area contributed by atoms with Gasteiger partial charge in [-0.3, -0.25) is 14.8 Å². The Morgan fingerprint density at radius 2 is 2.10 bits per heavy atom. The summed E-state index contributed by atoms with van der Waals surface area (Å²) in [5, 5.41) is 7.57. The predicted octanol–water partition coefficient (Wildman–Crippen LogP) is 1.34. The monoisotopic (exact) mass is 276 g/mol. The van der Waals surface area contributed by atoms with E-state index in [4.69, 9.17) is 0 Å². The van der Waals surface area contributed by atoms with Crippen LogP contribution in [0.15, 0.2) is 0 Å². The lowest BCUT2D eigenvalue weighted by atomic mass is 10.1. The van der Waals surface area contributed by atoms with Crippen molar-refractivity contribution in [1.29, 1.82) is 0 Å². The number of fused-ring (bicyclic) bond motifs is 1. The number of H-pyrrole nitrogens is 1. The summed E-state index contributed by atoms with van der Waals surface area (Å²) < 4.78 is 0. The smallest absolute Gasteiger partial charge is 0.239 e. The highest BCUT2D eigenvalue weighted by Gasteiger charge is 2.27. The lowest BCUT2D eigenvalue weighted by Crippen LogP contribution is -2.44. The summed E-state index contributed by atoms with van der Waals surface area (Å²) >= 11 is 0. The first-order valence-corrected chi connectivity index (χ1v) is 7.71. The average molecular weight is 276 g/mol. The number of rotatable bonds is 4. The third kappa shape index (κ3) is 2.46. The minimum atomic E-state index is -0.0677. The molecule has 5 nitrogen and oxygen atoms in total. The molecule has 2 aliphatic rings. The highest BCUT2D eigenvalue weighted by Crippen LogP contribution is 2.24. The Labute approximate surface area is 120 Å².